The van der Waals surface area contributed by atoms with E-state index < -0.39 is 0 Å². The molecule has 1 fully saturated rings. The third-order valence-electron chi connectivity index (χ3n) is 5.06. The molecule has 0 saturated carbocycles. The monoisotopic (exact) mass is 364 g/mol. The lowest BCUT2D eigenvalue weighted by Crippen LogP contribution is -2.45. The van der Waals surface area contributed by atoms with Crippen molar-refractivity contribution in [3.05, 3.63) is 71.8 Å². The van der Waals surface area contributed by atoms with E-state index in [1.165, 1.54) is 4.90 Å². The normalized spacial score (nSPS) is 17.4. The minimum Gasteiger partial charge on any atom is -0.317 e. The van der Waals surface area contributed by atoms with Crippen LogP contribution in [0, 0.1) is 0 Å². The molecule has 27 heavy (non-hydrogen) atoms. The Morgan fingerprint density at radius 2 is 1.52 bits per heavy atom. The highest BCUT2D eigenvalue weighted by Crippen LogP contribution is 2.27. The van der Waals surface area contributed by atoms with Crippen molar-refractivity contribution in [1.82, 2.24) is 9.80 Å². The van der Waals surface area contributed by atoms with Crippen LogP contribution in [0.15, 0.2) is 60.7 Å². The molecule has 2 aromatic carbocycles. The van der Waals surface area contributed by atoms with Crippen molar-refractivity contribution < 1.29 is 9.59 Å². The van der Waals surface area contributed by atoms with Crippen LogP contribution in [0.3, 0.4) is 0 Å². The van der Waals surface area contributed by atoms with Crippen LogP contribution in [0.1, 0.15) is 38.3 Å². The zero-order valence-electron chi connectivity index (χ0n) is 16.4. The van der Waals surface area contributed by atoms with Crippen LogP contribution in [0.5, 0.6) is 0 Å². The fourth-order valence-corrected chi connectivity index (χ4v) is 3.59. The molecule has 4 heteroatoms. The molecular weight excluding hydrogens is 336 g/mol. The summed E-state index contributed by atoms with van der Waals surface area (Å²) in [6.07, 6.45) is 1.69. The van der Waals surface area contributed by atoms with Gasteiger partial charge in [-0.15, -0.1) is 0 Å². The van der Waals surface area contributed by atoms with Crippen molar-refractivity contribution in [2.45, 2.75) is 51.6 Å². The molecule has 2 aromatic rings. The third-order valence-corrected chi connectivity index (χ3v) is 5.06. The molecule has 1 heterocycles. The van der Waals surface area contributed by atoms with Gasteiger partial charge < -0.3 is 4.90 Å². The fraction of sp³-hybridized carbons (Fsp3) is 0.391. The first-order valence-electron chi connectivity index (χ1n) is 9.58. The lowest BCUT2D eigenvalue weighted by Gasteiger charge is -2.31. The van der Waals surface area contributed by atoms with Crippen molar-refractivity contribution in [3.63, 3.8) is 0 Å². The maximum absolute atomic E-state index is 13.0. The van der Waals surface area contributed by atoms with Crippen LogP contribution < -0.4 is 0 Å². The van der Waals surface area contributed by atoms with Crippen LogP contribution in [-0.2, 0) is 17.6 Å². The van der Waals surface area contributed by atoms with Gasteiger partial charge >= 0.3 is 6.03 Å². The number of imide groups is 1. The number of hydrogen-bond acceptors (Lipinski definition) is 2. The van der Waals surface area contributed by atoms with Crippen LogP contribution in [0.25, 0.3) is 0 Å². The molecule has 3 rings (SSSR count). The number of benzene rings is 2. The van der Waals surface area contributed by atoms with Crippen LogP contribution in [0.4, 0.5) is 4.79 Å². The fourth-order valence-electron chi connectivity index (χ4n) is 3.59. The lowest BCUT2D eigenvalue weighted by atomic mass is 10.0. The third kappa shape index (κ3) is 4.57. The summed E-state index contributed by atoms with van der Waals surface area (Å²) in [4.78, 5) is 29.3. The molecule has 3 amide bonds. The predicted molar refractivity (Wildman–Crippen MR) is 107 cm³/mol. The van der Waals surface area contributed by atoms with Crippen molar-refractivity contribution in [2.24, 2.45) is 0 Å². The van der Waals surface area contributed by atoms with E-state index in [2.05, 4.69) is 12.1 Å². The number of carbonyl (C=O) groups excluding carboxylic acids is 2. The zero-order valence-corrected chi connectivity index (χ0v) is 16.4. The summed E-state index contributed by atoms with van der Waals surface area (Å²) in [5, 5.41) is 0. The average Bonchev–Trinajstić information content (AvgIpc) is 2.98. The van der Waals surface area contributed by atoms with Crippen molar-refractivity contribution >= 4 is 11.9 Å². The molecule has 0 aromatic heterocycles. The molecule has 1 aliphatic rings. The summed E-state index contributed by atoms with van der Waals surface area (Å²) in [6.45, 7) is 6.63. The van der Waals surface area contributed by atoms with Gasteiger partial charge in [0.15, 0.2) is 0 Å². The van der Waals surface area contributed by atoms with Crippen molar-refractivity contribution in [1.29, 1.82) is 0 Å². The molecule has 0 unspecified atom stereocenters. The van der Waals surface area contributed by atoms with E-state index in [1.807, 2.05) is 74.2 Å². The number of nitrogens with zero attached hydrogens (tertiary/aromatic N) is 2. The molecule has 142 valence electrons. The molecule has 0 aliphatic carbocycles. The standard InChI is InChI=1S/C23H28N2O2/c1-23(2,3)24-17-20(16-19-12-8-5-9-13-19)25(22(24)27)21(26)15-14-18-10-6-4-7-11-18/h4-13,20H,14-17H2,1-3H3/t20-/m0/s1. The number of carbonyl (C=O) groups is 2. The highest BCUT2D eigenvalue weighted by molar-refractivity contribution is 5.96. The Balaban J connectivity index is 1.77. The molecular formula is C23H28N2O2. The maximum atomic E-state index is 13.0. The number of aryl methyl sites for hydroxylation is 1. The van der Waals surface area contributed by atoms with E-state index in [9.17, 15) is 9.59 Å². The van der Waals surface area contributed by atoms with Gasteiger partial charge in [0.05, 0.1) is 6.04 Å². The molecule has 1 saturated heterocycles. The molecule has 1 aliphatic heterocycles. The first-order chi connectivity index (χ1) is 12.9. The van der Waals surface area contributed by atoms with Gasteiger partial charge in [0.25, 0.3) is 0 Å². The second-order valence-corrected chi connectivity index (χ2v) is 8.16. The van der Waals surface area contributed by atoms with Gasteiger partial charge in [-0.05, 0) is 44.7 Å². The summed E-state index contributed by atoms with van der Waals surface area (Å²) in [5.41, 5.74) is 1.96. The second-order valence-electron chi connectivity index (χ2n) is 8.16. The molecule has 0 spiro atoms. The summed E-state index contributed by atoms with van der Waals surface area (Å²) < 4.78 is 0. The van der Waals surface area contributed by atoms with Crippen molar-refractivity contribution in [2.75, 3.05) is 6.54 Å². The van der Waals surface area contributed by atoms with E-state index in [4.69, 9.17) is 0 Å². The van der Waals surface area contributed by atoms with E-state index in [0.29, 0.717) is 25.8 Å². The first-order valence-corrected chi connectivity index (χ1v) is 9.58. The van der Waals surface area contributed by atoms with Crippen LogP contribution >= 0.6 is 0 Å². The maximum Gasteiger partial charge on any atom is 0.327 e. The van der Waals surface area contributed by atoms with Gasteiger partial charge in [-0.2, -0.15) is 0 Å². The number of hydrogen-bond donors (Lipinski definition) is 0. The molecule has 0 N–H and O–H groups in total. The highest BCUT2D eigenvalue weighted by atomic mass is 16.2. The average molecular weight is 364 g/mol. The van der Waals surface area contributed by atoms with Crippen molar-refractivity contribution in [3.8, 4) is 0 Å². The summed E-state index contributed by atoms with van der Waals surface area (Å²) in [5.74, 6) is -0.0865. The Morgan fingerprint density at radius 3 is 2.07 bits per heavy atom. The topological polar surface area (TPSA) is 40.6 Å². The number of amides is 3. The van der Waals surface area contributed by atoms with Crippen LogP contribution in [-0.4, -0.2) is 39.9 Å². The molecule has 0 bridgehead atoms. The Hall–Kier alpha value is -2.62. The quantitative estimate of drug-likeness (QED) is 0.794. The smallest absolute Gasteiger partial charge is 0.317 e. The zero-order chi connectivity index (χ0) is 19.4. The van der Waals surface area contributed by atoms with Gasteiger partial charge in [0, 0.05) is 18.5 Å². The van der Waals surface area contributed by atoms with Crippen LogP contribution in [0.2, 0.25) is 0 Å². The Kier molecular flexibility index (Phi) is 5.64. The van der Waals surface area contributed by atoms with Gasteiger partial charge in [-0.3, -0.25) is 9.69 Å². The minimum absolute atomic E-state index is 0.0865. The van der Waals surface area contributed by atoms with E-state index in [1.54, 1.807) is 0 Å². The van der Waals surface area contributed by atoms with E-state index >= 15 is 0 Å². The van der Waals surface area contributed by atoms with Gasteiger partial charge in [-0.1, -0.05) is 60.7 Å². The van der Waals surface area contributed by atoms with E-state index in [-0.39, 0.29) is 23.5 Å². The SMILES string of the molecule is CC(C)(C)N1C[C@H](Cc2ccccc2)N(C(=O)CCc2ccccc2)C1=O. The van der Waals surface area contributed by atoms with Gasteiger partial charge in [0.2, 0.25) is 5.91 Å². The Labute approximate surface area is 161 Å². The van der Waals surface area contributed by atoms with E-state index in [0.717, 1.165) is 11.1 Å². The Morgan fingerprint density at radius 1 is 0.963 bits per heavy atom. The summed E-state index contributed by atoms with van der Waals surface area (Å²) >= 11 is 0. The Bertz CT molecular complexity index is 781. The molecule has 1 atom stereocenters. The first kappa shape index (κ1) is 19.2. The van der Waals surface area contributed by atoms with Gasteiger partial charge in [0.1, 0.15) is 0 Å². The molecule has 0 radical (unpaired) electrons. The number of urea groups is 1. The lowest BCUT2D eigenvalue weighted by molar-refractivity contribution is -0.129. The predicted octanol–water partition coefficient (Wildman–Crippen LogP) is 4.29. The van der Waals surface area contributed by atoms with Gasteiger partial charge in [-0.25, -0.2) is 4.79 Å². The second kappa shape index (κ2) is 7.95. The largest absolute Gasteiger partial charge is 0.327 e. The highest BCUT2D eigenvalue weighted by Gasteiger charge is 2.44. The summed E-state index contributed by atoms with van der Waals surface area (Å²) in [6, 6.07) is 19.7. The minimum atomic E-state index is -0.305. The summed E-state index contributed by atoms with van der Waals surface area (Å²) in [7, 11) is 0. The number of rotatable bonds is 5. The molecule has 4 nitrogen and oxygen atoms in total.